The number of quaternary nitrogens is 2. The van der Waals surface area contributed by atoms with Crippen LogP contribution >= 0.6 is 0 Å². The highest BCUT2D eigenvalue weighted by Gasteiger charge is 2.72. The van der Waals surface area contributed by atoms with Crippen molar-refractivity contribution in [2.75, 3.05) is 55.4 Å². The summed E-state index contributed by atoms with van der Waals surface area (Å²) in [7, 11) is 13.5. The summed E-state index contributed by atoms with van der Waals surface area (Å²) in [4.78, 5) is 0. The zero-order valence-corrected chi connectivity index (χ0v) is 45.4. The topological polar surface area (TPSA) is 0 Å². The lowest BCUT2D eigenvalue weighted by Gasteiger charge is -2.44. The summed E-state index contributed by atoms with van der Waals surface area (Å²) < 4.78 is 93.8. The highest BCUT2D eigenvalue weighted by Crippen LogP contribution is 2.59. The molecule has 0 unspecified atom stereocenters. The van der Waals surface area contributed by atoms with Crippen LogP contribution in [0.5, 0.6) is 0 Å². The van der Waals surface area contributed by atoms with Gasteiger partial charge >= 0.3 is 12.4 Å². The first kappa shape index (κ1) is 56.3. The zero-order chi connectivity index (χ0) is 51.9. The molecule has 0 saturated carbocycles. The Kier molecular flexibility index (Phi) is 16.4. The number of hydrogen-bond acceptors (Lipinski definition) is 0. The van der Waals surface area contributed by atoms with Crippen molar-refractivity contribution in [3.05, 3.63) is 129 Å². The molecule has 1 aliphatic carbocycles. The first-order valence-corrected chi connectivity index (χ1v) is 25.8. The van der Waals surface area contributed by atoms with Crippen LogP contribution < -0.4 is 0 Å². The first-order chi connectivity index (χ1) is 31.6. The van der Waals surface area contributed by atoms with E-state index in [1.807, 2.05) is 20.8 Å². The molecule has 382 valence electrons. The average molecular weight is 963 g/mol. The van der Waals surface area contributed by atoms with Gasteiger partial charge in [0.25, 0.3) is 0 Å². The Hall–Kier alpha value is -3.62. The van der Waals surface area contributed by atoms with E-state index >= 15 is 26.3 Å². The molecule has 0 bridgehead atoms. The van der Waals surface area contributed by atoms with Crippen LogP contribution in [0, 0.1) is 0 Å². The maximum atomic E-state index is 15.3. The van der Waals surface area contributed by atoms with Crippen LogP contribution in [-0.4, -0.2) is 76.7 Å². The minimum absolute atomic E-state index is 0.00935. The van der Waals surface area contributed by atoms with Gasteiger partial charge in [-0.25, -0.2) is 0 Å². The Bertz CT molecular complexity index is 2280. The van der Waals surface area contributed by atoms with E-state index in [9.17, 15) is 0 Å². The lowest BCUT2D eigenvalue weighted by atomic mass is 9.60. The SMILES string of the molecule is CCC(C)(C)c1ccc2c(c1)C(CCCCCC[N+](C)(C)C)(CCCCCC[N+](C)(C)C)c1cc(C(C)(C)C(C)(C)c3ccc(C(c4ccc(C(C)(C)C)cc4)(C(F)(F)F)C(F)(F)F)cc3)ccc1-2. The molecule has 69 heavy (non-hydrogen) atoms. The number of alkyl halides is 6. The second-order valence-electron chi connectivity index (χ2n) is 25.6. The molecular weight excluding hydrogens is 875 g/mol. The number of nitrogens with zero attached hydrogens (tertiary/aromatic N) is 2. The molecule has 0 heterocycles. The van der Waals surface area contributed by atoms with Gasteiger partial charge in [0.15, 0.2) is 0 Å². The van der Waals surface area contributed by atoms with Gasteiger partial charge in [-0.1, -0.05) is 180 Å². The smallest absolute Gasteiger partial charge is 0.331 e. The van der Waals surface area contributed by atoms with Crippen molar-refractivity contribution in [1.82, 2.24) is 0 Å². The van der Waals surface area contributed by atoms with Gasteiger partial charge < -0.3 is 8.97 Å². The standard InChI is InChI=1S/C61H88F6N2/c1-17-55(5,6)48-34-36-50-51-37-35-49(43-53(51)58(52(50)42-48,38-22-18-20-24-40-68(11,12)13)39-23-19-21-25-41-69(14,15)16)57(9,10)56(7,8)45-28-32-47(33-29-45)59(60(62,63)64,61(65,66)67)46-30-26-44(27-31-46)54(2,3)4/h26-37,42-43H,17-25,38-41H2,1-16H3/q+2. The predicted molar refractivity (Wildman–Crippen MR) is 278 cm³/mol. The van der Waals surface area contributed by atoms with Gasteiger partial charge in [-0.15, -0.1) is 0 Å². The molecule has 0 aromatic heterocycles. The van der Waals surface area contributed by atoms with Crippen molar-refractivity contribution in [2.24, 2.45) is 0 Å². The molecule has 0 N–H and O–H groups in total. The Labute approximate surface area is 414 Å². The van der Waals surface area contributed by atoms with Crippen molar-refractivity contribution in [3.8, 4) is 11.1 Å². The quantitative estimate of drug-likeness (QED) is 0.0443. The van der Waals surface area contributed by atoms with Crippen LogP contribution in [0.2, 0.25) is 0 Å². The van der Waals surface area contributed by atoms with Crippen LogP contribution in [0.4, 0.5) is 26.3 Å². The van der Waals surface area contributed by atoms with Crippen LogP contribution in [-0.2, 0) is 32.5 Å². The van der Waals surface area contributed by atoms with Gasteiger partial charge in [0.2, 0.25) is 5.41 Å². The van der Waals surface area contributed by atoms with E-state index in [0.29, 0.717) is 11.1 Å². The van der Waals surface area contributed by atoms with E-state index in [2.05, 4.69) is 127 Å². The molecule has 0 fully saturated rings. The monoisotopic (exact) mass is 963 g/mol. The van der Waals surface area contributed by atoms with E-state index in [4.69, 9.17) is 0 Å². The van der Waals surface area contributed by atoms with Crippen LogP contribution in [0.3, 0.4) is 0 Å². The Balaban J connectivity index is 1.61. The Morgan fingerprint density at radius 1 is 0.406 bits per heavy atom. The molecular formula is C61H88F6N2+2. The summed E-state index contributed by atoms with van der Waals surface area (Å²) in [6, 6.07) is 24.1. The van der Waals surface area contributed by atoms with E-state index in [0.717, 1.165) is 96.8 Å². The molecule has 4 aromatic rings. The van der Waals surface area contributed by atoms with Gasteiger partial charge in [-0.2, -0.15) is 26.3 Å². The molecule has 0 spiro atoms. The molecule has 8 heteroatoms. The number of rotatable bonds is 21. The fraction of sp³-hybridized carbons (Fsp3) is 0.607. The number of halogens is 6. The maximum absolute atomic E-state index is 15.3. The van der Waals surface area contributed by atoms with E-state index in [-0.39, 0.29) is 10.8 Å². The molecule has 0 saturated heterocycles. The number of hydrogen-bond donors (Lipinski definition) is 0. The molecule has 2 nitrogen and oxygen atoms in total. The summed E-state index contributed by atoms with van der Waals surface area (Å²) in [6.45, 7) is 23.3. The summed E-state index contributed by atoms with van der Waals surface area (Å²) in [6.07, 6.45) is 1.10. The third-order valence-corrected chi connectivity index (χ3v) is 16.7. The molecule has 4 aromatic carbocycles. The minimum atomic E-state index is -5.66. The highest BCUT2D eigenvalue weighted by atomic mass is 19.4. The lowest BCUT2D eigenvalue weighted by Crippen LogP contribution is -2.54. The number of fused-ring (bicyclic) bond motifs is 3. The van der Waals surface area contributed by atoms with Gasteiger partial charge in [-0.05, 0) is 122 Å². The van der Waals surface area contributed by atoms with Crippen molar-refractivity contribution in [2.45, 2.75) is 185 Å². The fourth-order valence-electron chi connectivity index (χ4n) is 11.0. The van der Waals surface area contributed by atoms with Crippen molar-refractivity contribution < 1.29 is 35.3 Å². The largest absolute Gasteiger partial charge is 0.411 e. The molecule has 1 aliphatic rings. The highest BCUT2D eigenvalue weighted by molar-refractivity contribution is 5.82. The summed E-state index contributed by atoms with van der Waals surface area (Å²) in [5, 5.41) is 0. The van der Waals surface area contributed by atoms with Gasteiger partial charge in [0.05, 0.1) is 55.4 Å². The maximum Gasteiger partial charge on any atom is 0.411 e. The third-order valence-electron chi connectivity index (χ3n) is 16.7. The second kappa shape index (κ2) is 20.1. The third kappa shape index (κ3) is 11.7. The van der Waals surface area contributed by atoms with Gasteiger partial charge in [-0.3, -0.25) is 0 Å². The van der Waals surface area contributed by atoms with E-state index < -0.39 is 45.1 Å². The summed E-state index contributed by atoms with van der Waals surface area (Å²) in [5.74, 6) is 0. The summed E-state index contributed by atoms with van der Waals surface area (Å²) >= 11 is 0. The van der Waals surface area contributed by atoms with E-state index in [1.165, 1.54) is 77.8 Å². The number of unbranched alkanes of at least 4 members (excludes halogenated alkanes) is 6. The van der Waals surface area contributed by atoms with Crippen LogP contribution in [0.25, 0.3) is 11.1 Å². The van der Waals surface area contributed by atoms with E-state index in [1.54, 1.807) is 0 Å². The predicted octanol–water partition coefficient (Wildman–Crippen LogP) is 16.9. The zero-order valence-electron chi connectivity index (χ0n) is 45.4. The fourth-order valence-corrected chi connectivity index (χ4v) is 11.0. The molecule has 0 aliphatic heterocycles. The molecule has 0 radical (unpaired) electrons. The van der Waals surface area contributed by atoms with Gasteiger partial charge in [0.1, 0.15) is 0 Å². The summed E-state index contributed by atoms with van der Waals surface area (Å²) in [5.41, 5.74) is 1.31. The van der Waals surface area contributed by atoms with Crippen molar-refractivity contribution in [3.63, 3.8) is 0 Å². The Morgan fingerprint density at radius 2 is 0.739 bits per heavy atom. The van der Waals surface area contributed by atoms with Gasteiger partial charge in [0, 0.05) is 5.41 Å². The number of benzene rings is 4. The van der Waals surface area contributed by atoms with Crippen molar-refractivity contribution >= 4 is 0 Å². The van der Waals surface area contributed by atoms with Crippen LogP contribution in [0.15, 0.2) is 84.9 Å². The average Bonchev–Trinajstić information content (AvgIpc) is 3.50. The minimum Gasteiger partial charge on any atom is -0.331 e. The first-order valence-electron chi connectivity index (χ1n) is 25.8. The second-order valence-corrected chi connectivity index (χ2v) is 25.6. The lowest BCUT2D eigenvalue weighted by molar-refractivity contribution is -0.870. The molecule has 5 rings (SSSR count). The normalized spacial score (nSPS) is 15.1. The molecule has 0 amide bonds. The van der Waals surface area contributed by atoms with Crippen molar-refractivity contribution in [1.29, 1.82) is 0 Å². The Morgan fingerprint density at radius 3 is 1.12 bits per heavy atom. The van der Waals surface area contributed by atoms with Crippen LogP contribution in [0.1, 0.15) is 184 Å². The molecule has 0 atom stereocenters.